The number of halogens is 1. The van der Waals surface area contributed by atoms with E-state index in [0.717, 1.165) is 12.2 Å². The first-order valence-corrected chi connectivity index (χ1v) is 7.36. The van der Waals surface area contributed by atoms with Crippen LogP contribution in [-0.4, -0.2) is 38.2 Å². The maximum Gasteiger partial charge on any atom is 0.129 e. The number of aromatic nitrogens is 4. The zero-order valence-electron chi connectivity index (χ0n) is 12.1. The molecule has 1 aliphatic rings. The second-order valence-electron chi connectivity index (χ2n) is 5.71. The van der Waals surface area contributed by atoms with Crippen molar-refractivity contribution < 1.29 is 5.11 Å². The summed E-state index contributed by atoms with van der Waals surface area (Å²) in [5, 5.41) is 19.7. The van der Waals surface area contributed by atoms with Crippen molar-refractivity contribution in [1.82, 2.24) is 20.0 Å². The SMILES string of the molecule is CC(C)n1cc([C@]2(O)CCN(c3ccncc3Cl)C2)nn1. The van der Waals surface area contributed by atoms with Crippen molar-refractivity contribution in [3.8, 4) is 0 Å². The number of pyridine rings is 1. The minimum Gasteiger partial charge on any atom is -0.381 e. The van der Waals surface area contributed by atoms with E-state index in [9.17, 15) is 5.11 Å². The molecule has 1 aliphatic heterocycles. The molecule has 6 nitrogen and oxygen atoms in total. The smallest absolute Gasteiger partial charge is 0.129 e. The highest BCUT2D eigenvalue weighted by atomic mass is 35.5. The molecular formula is C14H18ClN5O. The fourth-order valence-corrected chi connectivity index (χ4v) is 2.81. The molecule has 0 saturated carbocycles. The molecule has 2 aromatic heterocycles. The van der Waals surface area contributed by atoms with Crippen molar-refractivity contribution in [1.29, 1.82) is 0 Å². The van der Waals surface area contributed by atoms with Crippen LogP contribution in [0.2, 0.25) is 5.02 Å². The lowest BCUT2D eigenvalue weighted by Gasteiger charge is -2.23. The van der Waals surface area contributed by atoms with E-state index in [-0.39, 0.29) is 6.04 Å². The molecule has 0 spiro atoms. The number of aliphatic hydroxyl groups is 1. The van der Waals surface area contributed by atoms with Gasteiger partial charge < -0.3 is 10.0 Å². The summed E-state index contributed by atoms with van der Waals surface area (Å²) in [7, 11) is 0. The van der Waals surface area contributed by atoms with E-state index in [2.05, 4.69) is 20.2 Å². The van der Waals surface area contributed by atoms with Gasteiger partial charge in [0.05, 0.1) is 23.5 Å². The van der Waals surface area contributed by atoms with E-state index in [1.54, 1.807) is 17.1 Å². The summed E-state index contributed by atoms with van der Waals surface area (Å²) in [5.41, 5.74) is 0.516. The molecule has 112 valence electrons. The Labute approximate surface area is 128 Å². The maximum atomic E-state index is 10.9. The molecule has 0 radical (unpaired) electrons. The van der Waals surface area contributed by atoms with E-state index in [0.29, 0.717) is 23.7 Å². The average Bonchev–Trinajstić information content (AvgIpc) is 3.07. The van der Waals surface area contributed by atoms with Gasteiger partial charge in [-0.3, -0.25) is 4.98 Å². The van der Waals surface area contributed by atoms with Crippen molar-refractivity contribution in [3.63, 3.8) is 0 Å². The molecule has 0 aliphatic carbocycles. The van der Waals surface area contributed by atoms with Gasteiger partial charge in [-0.15, -0.1) is 5.10 Å². The van der Waals surface area contributed by atoms with Crippen LogP contribution in [0.5, 0.6) is 0 Å². The molecule has 0 aromatic carbocycles. The third kappa shape index (κ3) is 2.61. The highest BCUT2D eigenvalue weighted by molar-refractivity contribution is 6.33. The zero-order chi connectivity index (χ0) is 15.0. The van der Waals surface area contributed by atoms with Gasteiger partial charge in [0.25, 0.3) is 0 Å². The molecule has 1 saturated heterocycles. The average molecular weight is 308 g/mol. The van der Waals surface area contributed by atoms with Gasteiger partial charge in [-0.25, -0.2) is 4.68 Å². The Kier molecular flexibility index (Phi) is 3.59. The first kappa shape index (κ1) is 14.3. The third-order valence-corrected chi connectivity index (χ3v) is 4.15. The Balaban J connectivity index is 1.83. The van der Waals surface area contributed by atoms with Crippen LogP contribution in [0.3, 0.4) is 0 Å². The Bertz CT molecular complexity index is 644. The molecule has 1 N–H and O–H groups in total. The lowest BCUT2D eigenvalue weighted by Crippen LogP contribution is -2.31. The van der Waals surface area contributed by atoms with Crippen LogP contribution in [0, 0.1) is 0 Å². The molecule has 21 heavy (non-hydrogen) atoms. The molecule has 7 heteroatoms. The molecule has 0 unspecified atom stereocenters. The van der Waals surface area contributed by atoms with Gasteiger partial charge in [-0.05, 0) is 19.9 Å². The summed E-state index contributed by atoms with van der Waals surface area (Å²) in [6.07, 6.45) is 5.74. The summed E-state index contributed by atoms with van der Waals surface area (Å²) >= 11 is 6.17. The van der Waals surface area contributed by atoms with Crippen LogP contribution in [0.25, 0.3) is 0 Å². The fraction of sp³-hybridized carbons (Fsp3) is 0.500. The van der Waals surface area contributed by atoms with Gasteiger partial charge in [0.2, 0.25) is 0 Å². The number of hydrogen-bond donors (Lipinski definition) is 1. The molecule has 1 atom stereocenters. The number of anilines is 1. The van der Waals surface area contributed by atoms with E-state index in [1.807, 2.05) is 26.1 Å². The lowest BCUT2D eigenvalue weighted by atomic mass is 10.00. The molecular weight excluding hydrogens is 290 g/mol. The Morgan fingerprint density at radius 1 is 1.43 bits per heavy atom. The van der Waals surface area contributed by atoms with Gasteiger partial charge in [0.1, 0.15) is 11.3 Å². The second-order valence-corrected chi connectivity index (χ2v) is 6.11. The normalized spacial score (nSPS) is 22.2. The summed E-state index contributed by atoms with van der Waals surface area (Å²) in [6.45, 7) is 5.22. The summed E-state index contributed by atoms with van der Waals surface area (Å²) in [5.74, 6) is 0. The predicted octanol–water partition coefficient (Wildman–Crippen LogP) is 2.01. The van der Waals surface area contributed by atoms with Crippen LogP contribution in [0.15, 0.2) is 24.7 Å². The number of nitrogens with zero attached hydrogens (tertiary/aromatic N) is 5. The standard InChI is InChI=1S/C14H18ClN5O/c1-10(2)20-8-13(17-18-20)14(21)4-6-19(9-14)12-3-5-16-7-11(12)15/h3,5,7-8,10,21H,4,6,9H2,1-2H3/t14-/m0/s1. The minimum atomic E-state index is -0.986. The Morgan fingerprint density at radius 3 is 2.90 bits per heavy atom. The van der Waals surface area contributed by atoms with E-state index >= 15 is 0 Å². The minimum absolute atomic E-state index is 0.224. The molecule has 0 amide bonds. The van der Waals surface area contributed by atoms with E-state index in [4.69, 9.17) is 11.6 Å². The maximum absolute atomic E-state index is 10.9. The molecule has 3 rings (SSSR count). The highest BCUT2D eigenvalue weighted by Gasteiger charge is 2.40. The molecule has 3 heterocycles. The van der Waals surface area contributed by atoms with Crippen molar-refractivity contribution in [2.75, 3.05) is 18.0 Å². The van der Waals surface area contributed by atoms with Gasteiger partial charge in [-0.1, -0.05) is 16.8 Å². The van der Waals surface area contributed by atoms with Gasteiger partial charge in [-0.2, -0.15) is 0 Å². The van der Waals surface area contributed by atoms with E-state index < -0.39 is 5.60 Å². The molecule has 1 fully saturated rings. The van der Waals surface area contributed by atoms with Gasteiger partial charge in [0, 0.05) is 31.4 Å². The largest absolute Gasteiger partial charge is 0.381 e. The van der Waals surface area contributed by atoms with Crippen molar-refractivity contribution in [3.05, 3.63) is 35.4 Å². The van der Waals surface area contributed by atoms with Crippen LogP contribution >= 0.6 is 11.6 Å². The first-order chi connectivity index (χ1) is 9.99. The van der Waals surface area contributed by atoms with Crippen molar-refractivity contribution in [2.45, 2.75) is 31.9 Å². The van der Waals surface area contributed by atoms with Gasteiger partial charge in [0.15, 0.2) is 0 Å². The van der Waals surface area contributed by atoms with Gasteiger partial charge >= 0.3 is 0 Å². The lowest BCUT2D eigenvalue weighted by molar-refractivity contribution is 0.0559. The summed E-state index contributed by atoms with van der Waals surface area (Å²) < 4.78 is 1.76. The Morgan fingerprint density at radius 2 is 2.24 bits per heavy atom. The topological polar surface area (TPSA) is 67.1 Å². The number of rotatable bonds is 3. The summed E-state index contributed by atoms with van der Waals surface area (Å²) in [6, 6.07) is 2.08. The van der Waals surface area contributed by atoms with E-state index in [1.165, 1.54) is 0 Å². The van der Waals surface area contributed by atoms with Crippen LogP contribution in [0.1, 0.15) is 32.0 Å². The summed E-state index contributed by atoms with van der Waals surface area (Å²) in [4.78, 5) is 6.04. The third-order valence-electron chi connectivity index (χ3n) is 3.86. The van der Waals surface area contributed by atoms with Crippen LogP contribution < -0.4 is 4.90 Å². The quantitative estimate of drug-likeness (QED) is 0.939. The predicted molar refractivity (Wildman–Crippen MR) is 80.4 cm³/mol. The number of hydrogen-bond acceptors (Lipinski definition) is 5. The zero-order valence-corrected chi connectivity index (χ0v) is 12.8. The first-order valence-electron chi connectivity index (χ1n) is 6.99. The van der Waals surface area contributed by atoms with Crippen LogP contribution in [0.4, 0.5) is 5.69 Å². The van der Waals surface area contributed by atoms with Crippen LogP contribution in [-0.2, 0) is 5.60 Å². The number of β-amino-alcohol motifs (C(OH)–C–C–N with tert-alkyl or cyclic N) is 1. The molecule has 0 bridgehead atoms. The van der Waals surface area contributed by atoms with Crippen molar-refractivity contribution >= 4 is 17.3 Å². The monoisotopic (exact) mass is 307 g/mol. The second kappa shape index (κ2) is 5.27. The molecule has 2 aromatic rings. The highest BCUT2D eigenvalue weighted by Crippen LogP contribution is 2.36. The Hall–Kier alpha value is -1.66. The van der Waals surface area contributed by atoms with Crippen molar-refractivity contribution in [2.24, 2.45) is 0 Å². The fourth-order valence-electron chi connectivity index (χ4n) is 2.58.